The van der Waals surface area contributed by atoms with Crippen molar-refractivity contribution in [2.24, 2.45) is 5.92 Å². The third-order valence-electron chi connectivity index (χ3n) is 4.58. The summed E-state index contributed by atoms with van der Waals surface area (Å²) in [6, 6.07) is -0.141. The minimum atomic E-state index is -3.05. The molecule has 1 aliphatic carbocycles. The lowest BCUT2D eigenvalue weighted by molar-refractivity contribution is -0.112. The number of hydrogen-bond donors (Lipinski definition) is 1. The van der Waals surface area contributed by atoms with Crippen LogP contribution in [0, 0.1) is 5.92 Å². The van der Waals surface area contributed by atoms with Crippen LogP contribution in [0.25, 0.3) is 0 Å². The van der Waals surface area contributed by atoms with Crippen LogP contribution in [0.5, 0.6) is 0 Å². The van der Waals surface area contributed by atoms with E-state index in [4.69, 9.17) is 4.74 Å². The van der Waals surface area contributed by atoms with Crippen molar-refractivity contribution in [1.82, 2.24) is 10.2 Å². The molecule has 2 aliphatic rings. The zero-order valence-corrected chi connectivity index (χ0v) is 15.5. The Hall–Kier alpha value is -0.820. The summed E-state index contributed by atoms with van der Waals surface area (Å²) < 4.78 is 28.9. The Morgan fingerprint density at radius 3 is 2.48 bits per heavy atom. The lowest BCUT2D eigenvalue weighted by Crippen LogP contribution is -2.42. The van der Waals surface area contributed by atoms with Crippen molar-refractivity contribution in [1.29, 1.82) is 0 Å². The van der Waals surface area contributed by atoms with Crippen molar-refractivity contribution in [2.45, 2.75) is 63.4 Å². The zero-order valence-electron chi connectivity index (χ0n) is 14.7. The number of nitrogens with zero attached hydrogens (tertiary/aromatic N) is 1. The van der Waals surface area contributed by atoms with Gasteiger partial charge < -0.3 is 15.0 Å². The number of sulfone groups is 1. The highest BCUT2D eigenvalue weighted by atomic mass is 32.2. The topological polar surface area (TPSA) is 75.7 Å². The molecule has 2 amide bonds. The molecule has 0 aromatic carbocycles. The van der Waals surface area contributed by atoms with Crippen molar-refractivity contribution in [3.05, 3.63) is 0 Å². The Morgan fingerprint density at radius 2 is 1.96 bits per heavy atom. The molecule has 0 aromatic rings. The molecule has 0 aromatic heterocycles. The number of amides is 2. The Balaban J connectivity index is 1.60. The molecule has 2 fully saturated rings. The van der Waals surface area contributed by atoms with Gasteiger partial charge >= 0.3 is 6.03 Å². The number of carbonyl (C=O) groups is 1. The molecule has 6 nitrogen and oxygen atoms in total. The van der Waals surface area contributed by atoms with Gasteiger partial charge in [-0.15, -0.1) is 0 Å². The molecule has 2 rings (SSSR count). The van der Waals surface area contributed by atoms with Crippen molar-refractivity contribution in [3.8, 4) is 0 Å². The summed E-state index contributed by atoms with van der Waals surface area (Å²) in [6.45, 7) is 7.69. The molecule has 1 N–H and O–H groups in total. The number of likely N-dealkylation sites (tertiary alicyclic amines) is 1. The monoisotopic (exact) mass is 346 g/mol. The third kappa shape index (κ3) is 5.64. The highest BCUT2D eigenvalue weighted by molar-refractivity contribution is 7.91. The normalized spacial score (nSPS) is 28.5. The number of hydrogen-bond acceptors (Lipinski definition) is 4. The minimum Gasteiger partial charge on any atom is -0.373 e. The Bertz CT molecular complexity index is 521. The molecule has 0 radical (unpaired) electrons. The standard InChI is InChI=1S/C16H30N2O4S/c1-16(2,3)22-13-9-12(10-13)5-7-17-15(19)18-8-6-14(11-18)23(4,20)21/h12-14H,5-11H2,1-4H3,(H,17,19). The second kappa shape index (κ2) is 6.97. The van der Waals surface area contributed by atoms with Crippen LogP contribution in [0.4, 0.5) is 4.79 Å². The number of urea groups is 1. The first-order chi connectivity index (χ1) is 10.5. The highest BCUT2D eigenvalue weighted by Gasteiger charge is 2.34. The van der Waals surface area contributed by atoms with E-state index < -0.39 is 15.1 Å². The smallest absolute Gasteiger partial charge is 0.317 e. The van der Waals surface area contributed by atoms with E-state index >= 15 is 0 Å². The van der Waals surface area contributed by atoms with E-state index in [0.29, 0.717) is 38.1 Å². The minimum absolute atomic E-state index is 0.0875. The molecule has 0 spiro atoms. The summed E-state index contributed by atoms with van der Waals surface area (Å²) in [7, 11) is -3.05. The van der Waals surface area contributed by atoms with Crippen molar-refractivity contribution < 1.29 is 17.9 Å². The van der Waals surface area contributed by atoms with E-state index in [1.807, 2.05) is 0 Å². The van der Waals surface area contributed by atoms with Crippen LogP contribution >= 0.6 is 0 Å². The van der Waals surface area contributed by atoms with Gasteiger partial charge in [0.25, 0.3) is 0 Å². The predicted octanol–water partition coefficient (Wildman–Crippen LogP) is 1.80. The molecule has 1 saturated carbocycles. The molecule has 1 unspecified atom stereocenters. The highest BCUT2D eigenvalue weighted by Crippen LogP contribution is 2.34. The van der Waals surface area contributed by atoms with Crippen LogP contribution in [0.1, 0.15) is 46.5 Å². The zero-order chi connectivity index (χ0) is 17.3. The summed E-state index contributed by atoms with van der Waals surface area (Å²) in [5, 5.41) is 2.50. The van der Waals surface area contributed by atoms with E-state index in [1.165, 1.54) is 6.26 Å². The fourth-order valence-corrected chi connectivity index (χ4v) is 4.25. The summed E-state index contributed by atoms with van der Waals surface area (Å²) in [6.07, 6.45) is 5.22. The Kier molecular flexibility index (Phi) is 5.61. The van der Waals surface area contributed by atoms with Gasteiger partial charge in [-0.2, -0.15) is 0 Å². The van der Waals surface area contributed by atoms with Crippen LogP contribution in [-0.2, 0) is 14.6 Å². The molecule has 7 heteroatoms. The maximum atomic E-state index is 12.1. The lowest BCUT2D eigenvalue weighted by atomic mass is 9.79. The van der Waals surface area contributed by atoms with Gasteiger partial charge in [0, 0.05) is 25.9 Å². The molecule has 134 valence electrons. The van der Waals surface area contributed by atoms with E-state index in [1.54, 1.807) is 4.90 Å². The number of ether oxygens (including phenoxy) is 1. The van der Waals surface area contributed by atoms with E-state index in [0.717, 1.165) is 19.3 Å². The fourth-order valence-electron chi connectivity index (χ4n) is 3.26. The largest absolute Gasteiger partial charge is 0.373 e. The van der Waals surface area contributed by atoms with Gasteiger partial charge in [0.1, 0.15) is 0 Å². The van der Waals surface area contributed by atoms with E-state index in [-0.39, 0.29) is 11.6 Å². The summed E-state index contributed by atoms with van der Waals surface area (Å²) >= 11 is 0. The first-order valence-corrected chi connectivity index (χ1v) is 10.4. The van der Waals surface area contributed by atoms with Gasteiger partial charge in [0.2, 0.25) is 0 Å². The quantitative estimate of drug-likeness (QED) is 0.823. The van der Waals surface area contributed by atoms with Gasteiger partial charge in [0.15, 0.2) is 9.84 Å². The van der Waals surface area contributed by atoms with Gasteiger partial charge in [-0.25, -0.2) is 13.2 Å². The predicted molar refractivity (Wildman–Crippen MR) is 90.2 cm³/mol. The maximum absolute atomic E-state index is 12.1. The Labute approximate surface area is 139 Å². The molecular weight excluding hydrogens is 316 g/mol. The summed E-state index contributed by atoms with van der Waals surface area (Å²) in [5.41, 5.74) is -0.0875. The summed E-state index contributed by atoms with van der Waals surface area (Å²) in [4.78, 5) is 13.7. The Morgan fingerprint density at radius 1 is 1.30 bits per heavy atom. The first-order valence-electron chi connectivity index (χ1n) is 8.44. The van der Waals surface area contributed by atoms with Crippen molar-refractivity contribution in [2.75, 3.05) is 25.9 Å². The molecule has 1 heterocycles. The van der Waals surface area contributed by atoms with Gasteiger partial charge in [-0.1, -0.05) is 0 Å². The SMILES string of the molecule is CC(C)(C)OC1CC(CCNC(=O)N2CCC(S(C)(=O)=O)C2)C1. The number of nitrogens with one attached hydrogen (secondary N) is 1. The fraction of sp³-hybridized carbons (Fsp3) is 0.938. The van der Waals surface area contributed by atoms with Crippen molar-refractivity contribution >= 4 is 15.9 Å². The first kappa shape index (κ1) is 18.5. The van der Waals surface area contributed by atoms with Crippen LogP contribution < -0.4 is 5.32 Å². The lowest BCUT2D eigenvalue weighted by Gasteiger charge is -2.39. The summed E-state index contributed by atoms with van der Waals surface area (Å²) in [5.74, 6) is 0.616. The molecule has 23 heavy (non-hydrogen) atoms. The third-order valence-corrected chi connectivity index (χ3v) is 6.17. The maximum Gasteiger partial charge on any atom is 0.317 e. The number of rotatable bonds is 5. The molecule has 1 atom stereocenters. The van der Waals surface area contributed by atoms with Crippen LogP contribution in [0.3, 0.4) is 0 Å². The van der Waals surface area contributed by atoms with E-state index in [9.17, 15) is 13.2 Å². The van der Waals surface area contributed by atoms with Gasteiger partial charge in [-0.05, 0) is 52.4 Å². The van der Waals surface area contributed by atoms with Crippen molar-refractivity contribution in [3.63, 3.8) is 0 Å². The van der Waals surface area contributed by atoms with Crippen LogP contribution in [0.15, 0.2) is 0 Å². The van der Waals surface area contributed by atoms with E-state index in [2.05, 4.69) is 26.1 Å². The van der Waals surface area contributed by atoms with Crippen LogP contribution in [-0.4, -0.2) is 62.2 Å². The average Bonchev–Trinajstić information content (AvgIpc) is 2.83. The molecular formula is C16H30N2O4S. The molecule has 1 aliphatic heterocycles. The number of carbonyl (C=O) groups excluding carboxylic acids is 1. The molecule has 1 saturated heterocycles. The molecule has 0 bridgehead atoms. The second-order valence-corrected chi connectivity index (χ2v) is 10.2. The average molecular weight is 346 g/mol. The van der Waals surface area contributed by atoms with Crippen LogP contribution in [0.2, 0.25) is 0 Å². The van der Waals surface area contributed by atoms with Gasteiger partial charge in [-0.3, -0.25) is 0 Å². The van der Waals surface area contributed by atoms with Gasteiger partial charge in [0.05, 0.1) is 17.0 Å². The second-order valence-electron chi connectivity index (χ2n) is 7.90.